The molecular weight excluding hydrogens is 319 g/mol. The Balaban J connectivity index is 2.06. The molecule has 0 bridgehead atoms. The molecule has 3 rings (SSSR count). The smallest absolute Gasteiger partial charge is 0.391 e. The molecule has 2 heterocycles. The predicted molar refractivity (Wildman–Crippen MR) is 83.7 cm³/mol. The highest BCUT2D eigenvalue weighted by molar-refractivity contribution is 5.44. The number of rotatable bonds is 2. The molecule has 0 spiro atoms. The largest absolute Gasteiger partial charge is 0.416 e. The summed E-state index contributed by atoms with van der Waals surface area (Å²) in [5, 5.41) is 10.0. The van der Waals surface area contributed by atoms with E-state index in [-0.39, 0.29) is 18.5 Å². The molecule has 1 saturated heterocycles. The van der Waals surface area contributed by atoms with Crippen LogP contribution in [0.4, 0.5) is 19.1 Å². The number of aliphatic hydroxyl groups is 1. The number of aliphatic hydroxyl groups excluding tert-OH is 1. The Morgan fingerprint density at radius 3 is 2.38 bits per heavy atom. The first kappa shape index (κ1) is 16.7. The fourth-order valence-electron chi connectivity index (χ4n) is 3.21. The number of aryl methyl sites for hydroxylation is 2. The Morgan fingerprint density at radius 2 is 1.75 bits per heavy atom. The summed E-state index contributed by atoms with van der Waals surface area (Å²) in [5.41, 5.74) is 0.936. The third-order valence-corrected chi connectivity index (χ3v) is 4.13. The quantitative estimate of drug-likeness (QED) is 0.912. The van der Waals surface area contributed by atoms with Crippen LogP contribution in [-0.4, -0.2) is 27.7 Å². The van der Waals surface area contributed by atoms with Crippen LogP contribution in [-0.2, 0) is 6.18 Å². The minimum Gasteiger partial charge on any atom is -0.391 e. The van der Waals surface area contributed by atoms with Crippen LogP contribution in [0.1, 0.15) is 35.0 Å². The van der Waals surface area contributed by atoms with Gasteiger partial charge < -0.3 is 10.0 Å². The van der Waals surface area contributed by atoms with Gasteiger partial charge in [0.2, 0.25) is 5.95 Å². The normalized spacial score (nSPS) is 21.3. The third kappa shape index (κ3) is 3.21. The molecule has 1 aliphatic rings. The van der Waals surface area contributed by atoms with Crippen molar-refractivity contribution in [3.8, 4) is 0 Å². The van der Waals surface area contributed by atoms with E-state index in [4.69, 9.17) is 0 Å². The fourth-order valence-corrected chi connectivity index (χ4v) is 3.21. The molecule has 0 aliphatic carbocycles. The molecule has 1 aliphatic heterocycles. The lowest BCUT2D eigenvalue weighted by Gasteiger charge is -2.27. The van der Waals surface area contributed by atoms with Gasteiger partial charge in [-0.1, -0.05) is 18.2 Å². The number of hydrogen-bond acceptors (Lipinski definition) is 4. The average molecular weight is 337 g/mol. The van der Waals surface area contributed by atoms with Crippen LogP contribution in [0.15, 0.2) is 30.3 Å². The molecule has 128 valence electrons. The van der Waals surface area contributed by atoms with Crippen LogP contribution in [0.2, 0.25) is 0 Å². The predicted octanol–water partition coefficient (Wildman–Crippen LogP) is 3.42. The van der Waals surface area contributed by atoms with E-state index in [9.17, 15) is 18.3 Å². The number of benzene rings is 1. The Morgan fingerprint density at radius 1 is 1.12 bits per heavy atom. The molecule has 2 unspecified atom stereocenters. The lowest BCUT2D eigenvalue weighted by Crippen LogP contribution is -2.28. The third-order valence-electron chi connectivity index (χ3n) is 4.13. The minimum atomic E-state index is -4.45. The van der Waals surface area contributed by atoms with Gasteiger partial charge in [0, 0.05) is 17.9 Å². The fraction of sp³-hybridized carbons (Fsp3) is 0.412. The second kappa shape index (κ2) is 6.05. The van der Waals surface area contributed by atoms with Crippen molar-refractivity contribution in [2.45, 2.75) is 38.6 Å². The molecule has 0 amide bonds. The molecule has 1 N–H and O–H groups in total. The van der Waals surface area contributed by atoms with Gasteiger partial charge in [0.25, 0.3) is 0 Å². The van der Waals surface area contributed by atoms with Crippen LogP contribution in [0, 0.1) is 13.8 Å². The van der Waals surface area contributed by atoms with Crippen LogP contribution < -0.4 is 4.90 Å². The van der Waals surface area contributed by atoms with Gasteiger partial charge in [0.1, 0.15) is 0 Å². The van der Waals surface area contributed by atoms with Gasteiger partial charge in [-0.2, -0.15) is 13.2 Å². The topological polar surface area (TPSA) is 49.2 Å². The van der Waals surface area contributed by atoms with Crippen molar-refractivity contribution in [3.05, 3.63) is 52.8 Å². The summed E-state index contributed by atoms with van der Waals surface area (Å²) < 4.78 is 40.0. The second-order valence-electron chi connectivity index (χ2n) is 6.09. The minimum absolute atomic E-state index is 0.143. The first-order valence-corrected chi connectivity index (χ1v) is 7.69. The number of alkyl halides is 3. The van der Waals surface area contributed by atoms with Gasteiger partial charge >= 0.3 is 6.18 Å². The van der Waals surface area contributed by atoms with Gasteiger partial charge in [-0.05, 0) is 38.0 Å². The van der Waals surface area contributed by atoms with E-state index < -0.39 is 23.9 Å². The van der Waals surface area contributed by atoms with Crippen molar-refractivity contribution < 1.29 is 18.3 Å². The Bertz CT molecular complexity index is 728. The van der Waals surface area contributed by atoms with Gasteiger partial charge in [0.05, 0.1) is 17.7 Å². The first-order valence-electron chi connectivity index (χ1n) is 7.69. The van der Waals surface area contributed by atoms with Gasteiger partial charge in [-0.3, -0.25) is 0 Å². The van der Waals surface area contributed by atoms with Crippen LogP contribution in [0.3, 0.4) is 0 Å². The Kier molecular flexibility index (Phi) is 4.21. The molecular formula is C17H18F3N3O. The van der Waals surface area contributed by atoms with Crippen molar-refractivity contribution in [3.63, 3.8) is 0 Å². The standard InChI is InChI=1S/C17H18F3N3O/c1-10-7-11(2)22-16(21-10)23-9-12(24)8-15(23)13-5-3-4-6-14(13)17(18,19)20/h3-7,12,15,24H,8-9H2,1-2H3. The number of β-amino-alcohol motifs (C(OH)–C–C–N with tert-alkyl or cyclic N) is 1. The average Bonchev–Trinajstić information content (AvgIpc) is 2.87. The highest BCUT2D eigenvalue weighted by atomic mass is 19.4. The monoisotopic (exact) mass is 337 g/mol. The van der Waals surface area contributed by atoms with E-state index in [0.717, 1.165) is 17.5 Å². The summed E-state index contributed by atoms with van der Waals surface area (Å²) in [6.45, 7) is 3.83. The van der Waals surface area contributed by atoms with Crippen molar-refractivity contribution in [1.82, 2.24) is 9.97 Å². The zero-order valence-corrected chi connectivity index (χ0v) is 13.4. The molecule has 1 aromatic heterocycles. The van der Waals surface area contributed by atoms with E-state index >= 15 is 0 Å². The maximum absolute atomic E-state index is 13.3. The highest BCUT2D eigenvalue weighted by Gasteiger charge is 2.40. The van der Waals surface area contributed by atoms with E-state index in [1.54, 1.807) is 17.0 Å². The maximum atomic E-state index is 13.3. The number of aromatic nitrogens is 2. The number of nitrogens with zero attached hydrogens (tertiary/aromatic N) is 3. The van der Waals surface area contributed by atoms with Crippen LogP contribution >= 0.6 is 0 Å². The number of halogens is 3. The Labute approximate surface area is 138 Å². The molecule has 0 saturated carbocycles. The molecule has 7 heteroatoms. The van der Waals surface area contributed by atoms with Crippen molar-refractivity contribution in [2.75, 3.05) is 11.4 Å². The van der Waals surface area contributed by atoms with Crippen molar-refractivity contribution in [1.29, 1.82) is 0 Å². The molecule has 2 aromatic rings. The Hall–Kier alpha value is -2.15. The molecule has 1 aromatic carbocycles. The molecule has 2 atom stereocenters. The second-order valence-corrected chi connectivity index (χ2v) is 6.09. The lowest BCUT2D eigenvalue weighted by atomic mass is 9.97. The lowest BCUT2D eigenvalue weighted by molar-refractivity contribution is -0.138. The van der Waals surface area contributed by atoms with Crippen LogP contribution in [0.5, 0.6) is 0 Å². The van der Waals surface area contributed by atoms with Gasteiger partial charge in [-0.25, -0.2) is 9.97 Å². The zero-order chi connectivity index (χ0) is 17.5. The molecule has 24 heavy (non-hydrogen) atoms. The van der Waals surface area contributed by atoms with E-state index in [1.807, 2.05) is 13.8 Å². The summed E-state index contributed by atoms with van der Waals surface area (Å²) in [6, 6.07) is 6.67. The molecule has 1 fully saturated rings. The number of hydrogen-bond donors (Lipinski definition) is 1. The summed E-state index contributed by atoms with van der Waals surface area (Å²) in [5.74, 6) is 0.353. The molecule has 0 radical (unpaired) electrons. The van der Waals surface area contributed by atoms with E-state index in [1.165, 1.54) is 12.1 Å². The summed E-state index contributed by atoms with van der Waals surface area (Å²) in [6.07, 6.45) is -4.96. The van der Waals surface area contributed by atoms with Crippen molar-refractivity contribution >= 4 is 5.95 Å². The van der Waals surface area contributed by atoms with Crippen LogP contribution in [0.25, 0.3) is 0 Å². The van der Waals surface area contributed by atoms with E-state index in [0.29, 0.717) is 5.95 Å². The van der Waals surface area contributed by atoms with E-state index in [2.05, 4.69) is 9.97 Å². The summed E-state index contributed by atoms with van der Waals surface area (Å²) in [7, 11) is 0. The van der Waals surface area contributed by atoms with Crippen molar-refractivity contribution in [2.24, 2.45) is 0 Å². The highest BCUT2D eigenvalue weighted by Crippen LogP contribution is 2.41. The van der Waals surface area contributed by atoms with Gasteiger partial charge in [-0.15, -0.1) is 0 Å². The first-order chi connectivity index (χ1) is 11.3. The zero-order valence-electron chi connectivity index (χ0n) is 13.4. The summed E-state index contributed by atoms with van der Waals surface area (Å²) in [4.78, 5) is 10.3. The van der Waals surface area contributed by atoms with Gasteiger partial charge in [0.15, 0.2) is 0 Å². The maximum Gasteiger partial charge on any atom is 0.416 e. The number of anilines is 1. The summed E-state index contributed by atoms with van der Waals surface area (Å²) >= 11 is 0. The SMILES string of the molecule is Cc1cc(C)nc(N2CC(O)CC2c2ccccc2C(F)(F)F)n1. The molecule has 4 nitrogen and oxygen atoms in total.